The van der Waals surface area contributed by atoms with Crippen LogP contribution in [-0.4, -0.2) is 25.0 Å². The quantitative estimate of drug-likeness (QED) is 0.706. The first-order valence-electron chi connectivity index (χ1n) is 7.70. The van der Waals surface area contributed by atoms with Crippen LogP contribution in [0.4, 0.5) is 0 Å². The number of carbonyl (C=O) groups is 1. The largest absolute Gasteiger partial charge is 0.497 e. The van der Waals surface area contributed by atoms with Crippen LogP contribution in [0.2, 0.25) is 0 Å². The Morgan fingerprint density at radius 1 is 1.08 bits per heavy atom. The number of rotatable bonds is 5. The van der Waals surface area contributed by atoms with E-state index in [0.29, 0.717) is 12.3 Å². The first-order valence-corrected chi connectivity index (χ1v) is 7.70. The van der Waals surface area contributed by atoms with Gasteiger partial charge < -0.3 is 14.1 Å². The van der Waals surface area contributed by atoms with Gasteiger partial charge in [-0.3, -0.25) is 4.79 Å². The minimum absolute atomic E-state index is 0.151. The van der Waals surface area contributed by atoms with Crippen molar-refractivity contribution in [2.24, 2.45) is 0 Å². The third-order valence-electron chi connectivity index (χ3n) is 3.84. The van der Waals surface area contributed by atoms with E-state index >= 15 is 0 Å². The highest BCUT2D eigenvalue weighted by Crippen LogP contribution is 2.26. The SMILES string of the molecule is COc1cccc(CN(C)C(=O)c2occc2-c2ccccc2)c1. The molecule has 4 nitrogen and oxygen atoms in total. The predicted octanol–water partition coefficient (Wildman–Crippen LogP) is 4.23. The zero-order chi connectivity index (χ0) is 16.9. The molecule has 24 heavy (non-hydrogen) atoms. The van der Waals surface area contributed by atoms with Crippen LogP contribution in [0.3, 0.4) is 0 Å². The number of nitrogens with zero attached hydrogens (tertiary/aromatic N) is 1. The fourth-order valence-corrected chi connectivity index (χ4v) is 2.61. The van der Waals surface area contributed by atoms with Crippen molar-refractivity contribution in [3.63, 3.8) is 0 Å². The molecule has 0 N–H and O–H groups in total. The Hall–Kier alpha value is -3.01. The van der Waals surface area contributed by atoms with Crippen LogP contribution in [0, 0.1) is 0 Å². The fraction of sp³-hybridized carbons (Fsp3) is 0.150. The molecule has 4 heteroatoms. The monoisotopic (exact) mass is 321 g/mol. The summed E-state index contributed by atoms with van der Waals surface area (Å²) >= 11 is 0. The van der Waals surface area contributed by atoms with E-state index in [1.807, 2.05) is 60.7 Å². The summed E-state index contributed by atoms with van der Waals surface area (Å²) in [5.41, 5.74) is 2.76. The van der Waals surface area contributed by atoms with Gasteiger partial charge in [0.2, 0.25) is 0 Å². The molecule has 2 aromatic carbocycles. The van der Waals surface area contributed by atoms with E-state index in [9.17, 15) is 4.79 Å². The van der Waals surface area contributed by atoms with Crippen molar-refractivity contribution in [2.75, 3.05) is 14.2 Å². The van der Waals surface area contributed by atoms with E-state index in [-0.39, 0.29) is 5.91 Å². The van der Waals surface area contributed by atoms with Gasteiger partial charge in [-0.1, -0.05) is 42.5 Å². The van der Waals surface area contributed by atoms with E-state index in [1.165, 1.54) is 0 Å². The maximum absolute atomic E-state index is 12.8. The van der Waals surface area contributed by atoms with Crippen molar-refractivity contribution >= 4 is 5.91 Å². The van der Waals surface area contributed by atoms with Crippen molar-refractivity contribution in [3.8, 4) is 16.9 Å². The van der Waals surface area contributed by atoms with Gasteiger partial charge in [-0.25, -0.2) is 0 Å². The Bertz CT molecular complexity index is 824. The number of furan rings is 1. The lowest BCUT2D eigenvalue weighted by atomic mass is 10.1. The molecule has 1 amide bonds. The highest BCUT2D eigenvalue weighted by molar-refractivity contribution is 5.98. The molecule has 0 unspecified atom stereocenters. The van der Waals surface area contributed by atoms with Gasteiger partial charge in [-0.15, -0.1) is 0 Å². The molecule has 0 atom stereocenters. The normalized spacial score (nSPS) is 10.4. The molecule has 0 aliphatic heterocycles. The number of hydrogen-bond donors (Lipinski definition) is 0. The maximum atomic E-state index is 12.8. The van der Waals surface area contributed by atoms with Crippen LogP contribution in [0.1, 0.15) is 16.1 Å². The van der Waals surface area contributed by atoms with Crippen molar-refractivity contribution in [1.82, 2.24) is 4.90 Å². The molecule has 3 rings (SSSR count). The summed E-state index contributed by atoms with van der Waals surface area (Å²) in [5, 5.41) is 0. The molecule has 0 saturated heterocycles. The smallest absolute Gasteiger partial charge is 0.290 e. The topological polar surface area (TPSA) is 42.7 Å². The van der Waals surface area contributed by atoms with Crippen LogP contribution in [-0.2, 0) is 6.54 Å². The molecular weight excluding hydrogens is 302 g/mol. The van der Waals surface area contributed by atoms with Crippen molar-refractivity contribution in [2.45, 2.75) is 6.54 Å². The van der Waals surface area contributed by atoms with Gasteiger partial charge in [-0.2, -0.15) is 0 Å². The summed E-state index contributed by atoms with van der Waals surface area (Å²) in [5.74, 6) is 0.976. The second kappa shape index (κ2) is 7.04. The van der Waals surface area contributed by atoms with Crippen molar-refractivity contribution in [3.05, 3.63) is 78.3 Å². The molecular formula is C20H19NO3. The number of hydrogen-bond acceptors (Lipinski definition) is 3. The van der Waals surface area contributed by atoms with Crippen LogP contribution in [0.25, 0.3) is 11.1 Å². The van der Waals surface area contributed by atoms with E-state index in [2.05, 4.69) is 0 Å². The van der Waals surface area contributed by atoms with Gasteiger partial charge in [0.25, 0.3) is 5.91 Å². The van der Waals surface area contributed by atoms with Gasteiger partial charge >= 0.3 is 0 Å². The van der Waals surface area contributed by atoms with Gasteiger partial charge in [0.1, 0.15) is 5.75 Å². The first-order chi connectivity index (χ1) is 11.7. The van der Waals surface area contributed by atoms with E-state index in [4.69, 9.17) is 9.15 Å². The molecule has 0 aliphatic rings. The predicted molar refractivity (Wildman–Crippen MR) is 92.9 cm³/mol. The molecule has 1 heterocycles. The molecule has 0 fully saturated rings. The van der Waals surface area contributed by atoms with Gasteiger partial charge in [0.05, 0.1) is 13.4 Å². The number of benzene rings is 2. The van der Waals surface area contributed by atoms with Crippen molar-refractivity contribution < 1.29 is 13.9 Å². The van der Waals surface area contributed by atoms with Crippen LogP contribution < -0.4 is 4.74 Å². The highest BCUT2D eigenvalue weighted by Gasteiger charge is 2.20. The van der Waals surface area contributed by atoms with Gasteiger partial charge in [-0.05, 0) is 29.3 Å². The fourth-order valence-electron chi connectivity index (χ4n) is 2.61. The maximum Gasteiger partial charge on any atom is 0.290 e. The summed E-state index contributed by atoms with van der Waals surface area (Å²) in [4.78, 5) is 14.4. The zero-order valence-electron chi connectivity index (χ0n) is 13.7. The molecule has 1 aromatic heterocycles. The number of ether oxygens (including phenoxy) is 1. The van der Waals surface area contributed by atoms with Gasteiger partial charge in [0.15, 0.2) is 5.76 Å². The summed E-state index contributed by atoms with van der Waals surface area (Å²) in [7, 11) is 3.39. The molecule has 0 saturated carbocycles. The second-order valence-electron chi connectivity index (χ2n) is 5.54. The summed E-state index contributed by atoms with van der Waals surface area (Å²) in [6, 6.07) is 19.2. The third kappa shape index (κ3) is 3.33. The number of amides is 1. The summed E-state index contributed by atoms with van der Waals surface area (Å²) in [6.07, 6.45) is 1.55. The van der Waals surface area contributed by atoms with Crippen molar-refractivity contribution in [1.29, 1.82) is 0 Å². The standard InChI is InChI=1S/C20H19NO3/c1-21(14-15-7-6-10-17(13-15)23-2)20(22)19-18(11-12-24-19)16-8-4-3-5-9-16/h3-13H,14H2,1-2H3. The molecule has 0 bridgehead atoms. The van der Waals surface area contributed by atoms with Crippen LogP contribution in [0.15, 0.2) is 71.3 Å². The summed E-state index contributed by atoms with van der Waals surface area (Å²) in [6.45, 7) is 0.477. The minimum Gasteiger partial charge on any atom is -0.497 e. The number of methoxy groups -OCH3 is 1. The van der Waals surface area contributed by atoms with E-state index in [0.717, 1.165) is 22.4 Å². The average molecular weight is 321 g/mol. The van der Waals surface area contributed by atoms with E-state index in [1.54, 1.807) is 25.3 Å². The molecule has 0 radical (unpaired) electrons. The van der Waals surface area contributed by atoms with Crippen LogP contribution >= 0.6 is 0 Å². The Morgan fingerprint density at radius 3 is 2.62 bits per heavy atom. The lowest BCUT2D eigenvalue weighted by Gasteiger charge is -2.17. The molecule has 122 valence electrons. The Balaban J connectivity index is 1.81. The Morgan fingerprint density at radius 2 is 1.88 bits per heavy atom. The average Bonchev–Trinajstić information content (AvgIpc) is 3.11. The molecule has 3 aromatic rings. The lowest BCUT2D eigenvalue weighted by Crippen LogP contribution is -2.26. The molecule has 0 spiro atoms. The highest BCUT2D eigenvalue weighted by atomic mass is 16.5. The van der Waals surface area contributed by atoms with Crippen LogP contribution in [0.5, 0.6) is 5.75 Å². The number of carbonyl (C=O) groups excluding carboxylic acids is 1. The molecule has 0 aliphatic carbocycles. The lowest BCUT2D eigenvalue weighted by molar-refractivity contribution is 0.0754. The Kier molecular flexibility index (Phi) is 4.66. The van der Waals surface area contributed by atoms with E-state index < -0.39 is 0 Å². The third-order valence-corrected chi connectivity index (χ3v) is 3.84. The zero-order valence-corrected chi connectivity index (χ0v) is 13.7. The first kappa shape index (κ1) is 15.9. The minimum atomic E-state index is -0.151. The second-order valence-corrected chi connectivity index (χ2v) is 5.54. The summed E-state index contributed by atoms with van der Waals surface area (Å²) < 4.78 is 10.7. The Labute approximate surface area is 141 Å². The van der Waals surface area contributed by atoms with Gasteiger partial charge in [0, 0.05) is 19.2 Å².